The average Bonchev–Trinajstić information content (AvgIpc) is 3.05. The number of aliphatic hydroxyl groups is 3. The smallest absolute Gasteiger partial charge is 0.255 e. The molecular weight excluding hydrogens is 679 g/mol. The third-order valence-electron chi connectivity index (χ3n) is 10.2. The van der Waals surface area contributed by atoms with Gasteiger partial charge in [0, 0.05) is 37.4 Å². The number of nitrogens with two attached hydrogens (primary N) is 1. The highest BCUT2D eigenvalue weighted by Gasteiger charge is 2.63. The van der Waals surface area contributed by atoms with Crippen LogP contribution in [0.4, 0.5) is 11.4 Å². The topological polar surface area (TPSA) is 212 Å². The lowest BCUT2D eigenvalue weighted by molar-refractivity contribution is -0.148. The average molecular weight is 727 g/mol. The highest BCUT2D eigenvalue weighted by Crippen LogP contribution is 2.61. The number of aromatic hydroxyl groups is 1. The molecule has 3 aliphatic carbocycles. The molecule has 2 aromatic carbocycles. The Balaban J connectivity index is 1.70. The number of hydrogen-bond donors (Lipinski definition) is 6. The van der Waals surface area contributed by atoms with Crippen molar-refractivity contribution in [2.75, 3.05) is 58.3 Å². The number of carbonyl (C=O) groups is 3. The number of allylic oxidation sites excluding steroid dienone is 1. The molecule has 276 valence electrons. The van der Waals surface area contributed by atoms with Crippen molar-refractivity contribution < 1.29 is 48.6 Å². The highest BCUT2D eigenvalue weighted by molar-refractivity contribution is 7.59. The number of ketones is 2. The van der Waals surface area contributed by atoms with Gasteiger partial charge in [-0.1, -0.05) is 19.1 Å². The van der Waals surface area contributed by atoms with Crippen molar-refractivity contribution >= 4 is 36.2 Å². The summed E-state index contributed by atoms with van der Waals surface area (Å²) in [6.07, 6.45) is 0.843. The van der Waals surface area contributed by atoms with Gasteiger partial charge in [-0.15, -0.1) is 0 Å². The molecule has 0 aromatic heterocycles. The third kappa shape index (κ3) is 6.07. The van der Waals surface area contributed by atoms with Crippen molar-refractivity contribution in [3.05, 3.63) is 69.7 Å². The fourth-order valence-electron chi connectivity index (χ4n) is 7.95. The molecule has 0 aliphatic heterocycles. The van der Waals surface area contributed by atoms with Crippen molar-refractivity contribution in [2.45, 2.75) is 50.5 Å². The largest absolute Gasteiger partial charge is 0.510 e. The minimum Gasteiger partial charge on any atom is -0.510 e. The van der Waals surface area contributed by atoms with Gasteiger partial charge in [-0.25, -0.2) is 0 Å². The molecule has 6 atom stereocenters. The first-order valence-electron chi connectivity index (χ1n) is 16.8. The van der Waals surface area contributed by atoms with Crippen molar-refractivity contribution in [1.82, 2.24) is 4.90 Å². The first-order chi connectivity index (χ1) is 24.0. The Morgan fingerprint density at radius 2 is 1.76 bits per heavy atom. The highest BCUT2D eigenvalue weighted by atomic mass is 31.2. The first kappa shape index (κ1) is 37.9. The number of carbonyl (C=O) groups excluding carboxylic acids is 3. The van der Waals surface area contributed by atoms with Crippen molar-refractivity contribution in [3.63, 3.8) is 0 Å². The van der Waals surface area contributed by atoms with E-state index in [0.717, 1.165) is 0 Å². The Bertz CT molecular complexity index is 1860. The van der Waals surface area contributed by atoms with Gasteiger partial charge in [0.2, 0.25) is 13.2 Å². The van der Waals surface area contributed by atoms with E-state index in [1.165, 1.54) is 12.0 Å². The summed E-state index contributed by atoms with van der Waals surface area (Å²) in [5.74, 6) is -7.74. The van der Waals surface area contributed by atoms with E-state index in [2.05, 4.69) is 5.32 Å². The normalized spacial score (nSPS) is 24.8. The van der Waals surface area contributed by atoms with Crippen LogP contribution in [0.1, 0.15) is 54.0 Å². The molecule has 2 unspecified atom stereocenters. The number of ether oxygens (including phenoxy) is 1. The number of Topliss-reactive ketones (excluding diaryl/α,β-unsaturated/α-hetero) is 2. The van der Waals surface area contributed by atoms with Crippen LogP contribution in [0.5, 0.6) is 11.5 Å². The Morgan fingerprint density at radius 1 is 1.12 bits per heavy atom. The van der Waals surface area contributed by atoms with Crippen LogP contribution < -0.4 is 20.7 Å². The Morgan fingerprint density at radius 3 is 2.29 bits per heavy atom. The lowest BCUT2D eigenvalue weighted by Gasteiger charge is -2.50. The molecule has 0 saturated carbocycles. The van der Waals surface area contributed by atoms with Crippen LogP contribution >= 0.6 is 7.37 Å². The van der Waals surface area contributed by atoms with Crippen LogP contribution in [0.3, 0.4) is 0 Å². The molecule has 7 N–H and O–H groups in total. The van der Waals surface area contributed by atoms with Gasteiger partial charge in [0.25, 0.3) is 5.91 Å². The second-order valence-corrected chi connectivity index (χ2v) is 16.4. The number of nitrogens with one attached hydrogen (secondary N) is 1. The van der Waals surface area contributed by atoms with E-state index in [-0.39, 0.29) is 42.4 Å². The predicted molar refractivity (Wildman–Crippen MR) is 192 cm³/mol. The minimum absolute atomic E-state index is 0.0342. The summed E-state index contributed by atoms with van der Waals surface area (Å²) >= 11 is 0. The van der Waals surface area contributed by atoms with Crippen LogP contribution in [0.2, 0.25) is 0 Å². The van der Waals surface area contributed by atoms with Gasteiger partial charge < -0.3 is 45.6 Å². The first-order valence-corrected chi connectivity index (χ1v) is 18.7. The maximum atomic E-state index is 14.6. The number of aliphatic hydroxyl groups excluding tert-OH is 2. The number of phenolic OH excluding ortho intramolecular Hbond substituents is 1. The fraction of sp³-hybridized carbons (Fsp3) is 0.472. The van der Waals surface area contributed by atoms with Gasteiger partial charge in [0.05, 0.1) is 31.0 Å². The number of fused-ring (bicyclic) bond motifs is 3. The maximum absolute atomic E-state index is 14.6. The lowest BCUT2D eigenvalue weighted by Crippen LogP contribution is -2.63. The van der Waals surface area contributed by atoms with E-state index < -0.39 is 76.9 Å². The number of likely N-dealkylation sites (N-methyl/N-ethyl adjacent to an activating group) is 1. The summed E-state index contributed by atoms with van der Waals surface area (Å²) in [4.78, 5) is 43.9. The number of amides is 1. The second kappa shape index (κ2) is 14.0. The van der Waals surface area contributed by atoms with E-state index in [4.69, 9.17) is 15.0 Å². The van der Waals surface area contributed by atoms with Gasteiger partial charge in [-0.05, 0) is 75.5 Å². The fourth-order valence-corrected chi connectivity index (χ4v) is 10.5. The standard InChI is InChI=1S/C36H47N4O10P/c1-8-14-51(48,50-9-2)35(18-10-12-20(49-7)13-11-18)38-23-17-24(39(3)4)21-15-19-16-22-28(40(5)6)31(43)27(34(37)46)33(45)36(22,47)32(44)25(19)30(42)26(21)29(23)41/h10-13,17,19,22,28,35,38,41,43-44,47H,8-9,14-16H2,1-7H3,(H2,37,46)/t19-,22-,28-,35?,36-,51?/m0/s1. The molecule has 3 aliphatic rings. The molecular formula is C36H47N4O10P. The van der Waals surface area contributed by atoms with E-state index in [0.29, 0.717) is 29.0 Å². The molecule has 14 nitrogen and oxygen atoms in total. The number of methoxy groups -OCH3 is 1. The zero-order valence-corrected chi connectivity index (χ0v) is 30.8. The molecule has 0 radical (unpaired) electrons. The summed E-state index contributed by atoms with van der Waals surface area (Å²) in [7, 11) is 4.73. The van der Waals surface area contributed by atoms with E-state index in [1.807, 2.05) is 6.92 Å². The van der Waals surface area contributed by atoms with Gasteiger partial charge in [-0.2, -0.15) is 0 Å². The number of anilines is 2. The molecule has 0 saturated heterocycles. The van der Waals surface area contributed by atoms with Crippen LogP contribution in [-0.4, -0.2) is 103 Å². The quantitative estimate of drug-likeness (QED) is 0.104. The van der Waals surface area contributed by atoms with Crippen LogP contribution in [0.25, 0.3) is 0 Å². The Kier molecular flexibility index (Phi) is 10.4. The number of primary amides is 1. The van der Waals surface area contributed by atoms with E-state index in [1.54, 1.807) is 70.3 Å². The van der Waals surface area contributed by atoms with E-state index >= 15 is 0 Å². The summed E-state index contributed by atoms with van der Waals surface area (Å²) < 4.78 is 25.8. The summed E-state index contributed by atoms with van der Waals surface area (Å²) in [5.41, 5.74) is 3.05. The second-order valence-electron chi connectivity index (χ2n) is 13.7. The molecule has 0 heterocycles. The Hall–Kier alpha value is -4.36. The molecule has 0 bridgehead atoms. The number of benzene rings is 2. The molecule has 2 aromatic rings. The molecule has 1 amide bonds. The van der Waals surface area contributed by atoms with Gasteiger partial charge in [0.15, 0.2) is 11.4 Å². The van der Waals surface area contributed by atoms with Gasteiger partial charge in [0.1, 0.15) is 34.4 Å². The third-order valence-corrected chi connectivity index (χ3v) is 13.2. The van der Waals surface area contributed by atoms with Crippen LogP contribution in [0, 0.1) is 11.8 Å². The SMILES string of the molecule is CCCP(=O)(OCC)C(Nc1cc(N(C)C)c2c(c1O)C(=O)C1=C(O)[C@]3(O)C(=O)C(C(N)=O)=C(O)[C@@H](N(C)C)[C@@H]3C[C@@H]1C2)c1ccc(OC)cc1. The van der Waals surface area contributed by atoms with Crippen molar-refractivity contribution in [2.24, 2.45) is 17.6 Å². The zero-order chi connectivity index (χ0) is 37.7. The maximum Gasteiger partial charge on any atom is 0.255 e. The van der Waals surface area contributed by atoms with Gasteiger partial charge in [-0.3, -0.25) is 23.8 Å². The number of nitrogens with zero attached hydrogens (tertiary/aromatic N) is 2. The van der Waals surface area contributed by atoms with Crippen LogP contribution in [-0.2, 0) is 25.1 Å². The van der Waals surface area contributed by atoms with Crippen molar-refractivity contribution in [3.8, 4) is 11.5 Å². The molecule has 51 heavy (non-hydrogen) atoms. The summed E-state index contributed by atoms with van der Waals surface area (Å²) in [5, 5.41) is 49.9. The summed E-state index contributed by atoms with van der Waals surface area (Å²) in [6.45, 7) is 3.80. The molecule has 15 heteroatoms. The number of rotatable bonds is 12. The molecule has 0 spiro atoms. The monoisotopic (exact) mass is 726 g/mol. The van der Waals surface area contributed by atoms with Crippen molar-refractivity contribution in [1.29, 1.82) is 0 Å². The molecule has 0 fully saturated rings. The minimum atomic E-state index is -3.49. The molecule has 5 rings (SSSR count). The Labute approximate surface area is 297 Å². The van der Waals surface area contributed by atoms with Gasteiger partial charge >= 0.3 is 0 Å². The zero-order valence-electron chi connectivity index (χ0n) is 29.9. The lowest BCUT2D eigenvalue weighted by atomic mass is 9.58. The van der Waals surface area contributed by atoms with E-state index in [9.17, 15) is 39.4 Å². The summed E-state index contributed by atoms with van der Waals surface area (Å²) in [6, 6.07) is 7.49. The number of phenols is 1. The predicted octanol–water partition coefficient (Wildman–Crippen LogP) is 4.03. The van der Waals surface area contributed by atoms with Crippen LogP contribution in [0.15, 0.2) is 53.0 Å². The number of hydrogen-bond acceptors (Lipinski definition) is 13.